The number of hydrogen-bond acceptors (Lipinski definition) is 14. The zero-order valence-corrected chi connectivity index (χ0v) is 43.3. The van der Waals surface area contributed by atoms with Crippen molar-refractivity contribution in [1.82, 2.24) is 35.6 Å². The van der Waals surface area contributed by atoms with Crippen LogP contribution in [-0.4, -0.2) is 162 Å². The van der Waals surface area contributed by atoms with Gasteiger partial charge in [0.25, 0.3) is 0 Å². The SMILES string of the molecule is Cc1ncsc1-c1ccc(CNC(=O)[C@@H]2C[C@@H](O)CN2C(=O)[C@@H](NC(=O)CCN2CCN(CCOCCNC(=O)O[C@@H]3C[C@H](C)C=C4C=C[C@@H](C)[C@@H](CC[C@H]5C[C@H](O)CC(=O)O5)[C@@H]43)CC2)C(C)(C)C)cc1. The third-order valence-electron chi connectivity index (χ3n) is 14.8. The highest BCUT2D eigenvalue weighted by Crippen LogP contribution is 2.45. The zero-order chi connectivity index (χ0) is 50.8. The van der Waals surface area contributed by atoms with Crippen LogP contribution in [0.15, 0.2) is 53.6 Å². The number of fused-ring (bicyclic) bond motifs is 1. The van der Waals surface area contributed by atoms with Gasteiger partial charge in [0.05, 0.1) is 47.9 Å². The van der Waals surface area contributed by atoms with Gasteiger partial charge in [-0.2, -0.15) is 0 Å². The third-order valence-corrected chi connectivity index (χ3v) is 15.8. The molecule has 3 aliphatic heterocycles. The lowest BCUT2D eigenvalue weighted by atomic mass is 9.65. The van der Waals surface area contributed by atoms with Gasteiger partial charge < -0.3 is 50.2 Å². The van der Waals surface area contributed by atoms with Crippen LogP contribution in [0.4, 0.5) is 4.79 Å². The Kier molecular flexibility index (Phi) is 18.9. The molecule has 18 heteroatoms. The molecule has 1 aromatic carbocycles. The number of thiazole rings is 1. The average molecular weight is 1000 g/mol. The predicted molar refractivity (Wildman–Crippen MR) is 270 cm³/mol. The summed E-state index contributed by atoms with van der Waals surface area (Å²) in [5, 5.41) is 29.6. The van der Waals surface area contributed by atoms with Crippen LogP contribution in [0.25, 0.3) is 10.4 Å². The van der Waals surface area contributed by atoms with Crippen molar-refractivity contribution in [3.8, 4) is 10.4 Å². The highest BCUT2D eigenvalue weighted by Gasteiger charge is 2.45. The molecule has 71 heavy (non-hydrogen) atoms. The summed E-state index contributed by atoms with van der Waals surface area (Å²) in [6, 6.07) is 6.17. The fourth-order valence-electron chi connectivity index (χ4n) is 10.8. The highest BCUT2D eigenvalue weighted by atomic mass is 32.1. The second-order valence-corrected chi connectivity index (χ2v) is 22.3. The normalized spacial score (nSPS) is 27.5. The van der Waals surface area contributed by atoms with E-state index >= 15 is 0 Å². The molecule has 0 bridgehead atoms. The van der Waals surface area contributed by atoms with Crippen molar-refractivity contribution >= 4 is 41.1 Å². The van der Waals surface area contributed by atoms with E-state index in [9.17, 15) is 34.2 Å². The van der Waals surface area contributed by atoms with E-state index < -0.39 is 35.8 Å². The van der Waals surface area contributed by atoms with Crippen LogP contribution in [0, 0.1) is 36.0 Å². The number of rotatable bonds is 19. The van der Waals surface area contributed by atoms with Gasteiger partial charge in [-0.1, -0.05) is 77.1 Å². The lowest BCUT2D eigenvalue weighted by molar-refractivity contribution is -0.160. The minimum atomic E-state index is -0.890. The minimum Gasteiger partial charge on any atom is -0.462 e. The van der Waals surface area contributed by atoms with E-state index in [1.807, 2.05) is 57.5 Å². The molecule has 3 saturated heterocycles. The molecule has 390 valence electrons. The number of aryl methyl sites for hydroxylation is 1. The Labute approximate surface area is 423 Å². The number of likely N-dealkylation sites (tertiary alicyclic amines) is 1. The predicted octanol–water partition coefficient (Wildman–Crippen LogP) is 4.60. The van der Waals surface area contributed by atoms with Crippen molar-refractivity contribution in [2.75, 3.05) is 65.6 Å². The van der Waals surface area contributed by atoms with Gasteiger partial charge in [0.1, 0.15) is 24.3 Å². The van der Waals surface area contributed by atoms with Crippen LogP contribution in [0.2, 0.25) is 0 Å². The Morgan fingerprint density at radius 1 is 0.944 bits per heavy atom. The van der Waals surface area contributed by atoms with Gasteiger partial charge in [0, 0.05) is 84.1 Å². The molecule has 3 fully saturated rings. The van der Waals surface area contributed by atoms with Crippen molar-refractivity contribution in [3.63, 3.8) is 0 Å². The van der Waals surface area contributed by atoms with E-state index in [1.165, 1.54) is 10.5 Å². The molecule has 17 nitrogen and oxygen atoms in total. The zero-order valence-electron chi connectivity index (χ0n) is 42.5. The number of piperazine rings is 1. The number of aromatic nitrogens is 1. The molecule has 2 aromatic rings. The summed E-state index contributed by atoms with van der Waals surface area (Å²) in [6.45, 7) is 17.9. The first-order chi connectivity index (χ1) is 33.9. The first kappa shape index (κ1) is 54.1. The molecule has 5 aliphatic rings. The molecule has 0 saturated carbocycles. The summed E-state index contributed by atoms with van der Waals surface area (Å²) in [5.41, 5.74) is 5.29. The van der Waals surface area contributed by atoms with Gasteiger partial charge in [-0.15, -0.1) is 11.3 Å². The number of benzene rings is 1. The third kappa shape index (κ3) is 14.9. The number of esters is 1. The molecular weight excluding hydrogens is 927 g/mol. The standard InChI is InChI=1S/C53H77N7O10S/c1-33-25-38-10-7-34(2)42(14-13-41-27-39(61)29-46(64)69-41)47(38)44(26-33)70-52(67)54-16-23-68-24-22-59-20-18-58(19-21-59)17-15-45(63)57-49(53(4,5)6)51(66)60-31-40(62)28-43(60)50(65)55-30-36-8-11-37(12-9-36)48-35(3)56-32-71-48/h7-12,25,32-34,39-44,47,49,61-62H,13-24,26-31H2,1-6H3,(H,54,67)(H,55,65)(H,57,63)/t33-,34-,39+,40-,41+,42-,43+,44-,47-,49-/m1/s1. The fraction of sp³-hybridized carbons (Fsp3) is 0.660. The number of carbonyl (C=O) groups excluding carboxylic acids is 5. The number of aliphatic hydroxyl groups excluding tert-OH is 2. The van der Waals surface area contributed by atoms with Crippen LogP contribution >= 0.6 is 11.3 Å². The van der Waals surface area contributed by atoms with E-state index in [4.69, 9.17) is 14.2 Å². The van der Waals surface area contributed by atoms with E-state index in [2.05, 4.69) is 62.8 Å². The molecule has 5 N–H and O–H groups in total. The van der Waals surface area contributed by atoms with Crippen LogP contribution in [-0.2, 0) is 39.9 Å². The molecule has 7 rings (SSSR count). The van der Waals surface area contributed by atoms with Crippen molar-refractivity contribution in [2.24, 2.45) is 29.1 Å². The van der Waals surface area contributed by atoms with Gasteiger partial charge >= 0.3 is 12.1 Å². The first-order valence-corrected chi connectivity index (χ1v) is 26.6. The van der Waals surface area contributed by atoms with Crippen LogP contribution in [0.5, 0.6) is 0 Å². The number of β-amino-alcohol motifs (C(OH)–C–C–N with tert-alkyl or cyclic N) is 1. The van der Waals surface area contributed by atoms with Gasteiger partial charge in [-0.25, -0.2) is 9.78 Å². The minimum absolute atomic E-state index is 0.0136. The monoisotopic (exact) mass is 1000 g/mol. The molecule has 4 amide bonds. The summed E-state index contributed by atoms with van der Waals surface area (Å²) < 4.78 is 17.5. The molecule has 0 radical (unpaired) electrons. The number of nitrogens with one attached hydrogen (secondary N) is 3. The Bertz CT molecular complexity index is 2200. The van der Waals surface area contributed by atoms with Gasteiger partial charge in [-0.3, -0.25) is 24.1 Å². The molecule has 0 spiro atoms. The molecule has 0 unspecified atom stereocenters. The van der Waals surface area contributed by atoms with Crippen molar-refractivity contribution < 1.29 is 48.4 Å². The number of ether oxygens (including phenoxy) is 3. The van der Waals surface area contributed by atoms with E-state index in [1.54, 1.807) is 11.3 Å². The quantitative estimate of drug-likeness (QED) is 0.0964. The summed E-state index contributed by atoms with van der Waals surface area (Å²) in [6.07, 6.45) is 7.12. The smallest absolute Gasteiger partial charge is 0.407 e. The first-order valence-electron chi connectivity index (χ1n) is 25.7. The van der Waals surface area contributed by atoms with Gasteiger partial charge in [0.2, 0.25) is 17.7 Å². The molecule has 10 atom stereocenters. The fourth-order valence-corrected chi connectivity index (χ4v) is 11.7. The number of nitrogens with zero attached hydrogens (tertiary/aromatic N) is 4. The summed E-state index contributed by atoms with van der Waals surface area (Å²) >= 11 is 1.58. The number of alkyl carbamates (subject to hydrolysis) is 1. The van der Waals surface area contributed by atoms with Crippen molar-refractivity contribution in [1.29, 1.82) is 0 Å². The van der Waals surface area contributed by atoms with Crippen LogP contribution in [0.1, 0.15) is 90.8 Å². The van der Waals surface area contributed by atoms with E-state index in [-0.39, 0.29) is 91.9 Å². The van der Waals surface area contributed by atoms with Crippen molar-refractivity contribution in [2.45, 2.75) is 130 Å². The topological polar surface area (TPSA) is 212 Å². The van der Waals surface area contributed by atoms with Crippen LogP contribution < -0.4 is 16.0 Å². The lowest BCUT2D eigenvalue weighted by Gasteiger charge is -2.43. The second-order valence-electron chi connectivity index (χ2n) is 21.4. The maximum absolute atomic E-state index is 14.1. The number of carbonyl (C=O) groups is 5. The number of aliphatic hydroxyl groups is 2. The highest BCUT2D eigenvalue weighted by molar-refractivity contribution is 7.13. The van der Waals surface area contributed by atoms with E-state index in [0.717, 1.165) is 67.3 Å². The maximum Gasteiger partial charge on any atom is 0.407 e. The van der Waals surface area contributed by atoms with Gasteiger partial charge in [-0.05, 0) is 66.1 Å². The van der Waals surface area contributed by atoms with Crippen LogP contribution in [0.3, 0.4) is 0 Å². The number of cyclic esters (lactones) is 1. The number of allylic oxidation sites excluding steroid dienone is 3. The van der Waals surface area contributed by atoms with Crippen molar-refractivity contribution in [3.05, 3.63) is 64.8 Å². The average Bonchev–Trinajstić information content (AvgIpc) is 3.94. The number of hydrogen-bond donors (Lipinski definition) is 5. The number of amides is 4. The Hall–Kier alpha value is -4.72. The lowest BCUT2D eigenvalue weighted by Crippen LogP contribution is -2.58. The largest absolute Gasteiger partial charge is 0.462 e. The maximum atomic E-state index is 14.1. The summed E-state index contributed by atoms with van der Waals surface area (Å²) in [7, 11) is 0. The molecule has 4 heterocycles. The Morgan fingerprint density at radius 2 is 1.68 bits per heavy atom. The van der Waals surface area contributed by atoms with E-state index in [0.29, 0.717) is 39.1 Å². The Balaban J connectivity index is 0.776. The van der Waals surface area contributed by atoms with Gasteiger partial charge in [0.15, 0.2) is 0 Å². The Morgan fingerprint density at radius 3 is 2.37 bits per heavy atom. The molecular formula is C53H77N7O10S. The summed E-state index contributed by atoms with van der Waals surface area (Å²) in [5.74, 6) is -0.558. The summed E-state index contributed by atoms with van der Waals surface area (Å²) in [4.78, 5) is 77.5. The molecule has 2 aliphatic carbocycles. The second kappa shape index (κ2) is 24.8. The molecule has 1 aromatic heterocycles.